The van der Waals surface area contributed by atoms with Crippen LogP contribution in [0.25, 0.3) is 0 Å². The average molecular weight is 208 g/mol. The molecule has 1 fully saturated rings. The third-order valence-corrected chi connectivity index (χ3v) is 1.45. The zero-order valence-electron chi connectivity index (χ0n) is 5.50. The third-order valence-electron chi connectivity index (χ3n) is 1.26. The Kier molecular flexibility index (Phi) is 3.15. The van der Waals surface area contributed by atoms with Crippen LogP contribution in [-0.2, 0) is 4.74 Å². The molecule has 57 valence electrons. The fourth-order valence-electron chi connectivity index (χ4n) is 0.804. The SMILES string of the molecule is O=C([Se])NN1CCOCC1. The van der Waals surface area contributed by atoms with Crippen LogP contribution in [0.5, 0.6) is 0 Å². The standard InChI is InChI=1S/C5H9N2O2Se/c8-5(10)6-7-1-3-9-4-2-7/h1-4H2,(H,6,8). The molecule has 0 unspecified atom stereocenters. The van der Waals surface area contributed by atoms with Gasteiger partial charge in [-0.25, -0.2) is 0 Å². The van der Waals surface area contributed by atoms with Gasteiger partial charge in [-0.1, -0.05) is 0 Å². The number of ether oxygens (including phenoxy) is 1. The Morgan fingerprint density at radius 1 is 1.50 bits per heavy atom. The van der Waals surface area contributed by atoms with E-state index in [9.17, 15) is 4.79 Å². The Morgan fingerprint density at radius 3 is 2.60 bits per heavy atom. The van der Waals surface area contributed by atoms with Crippen molar-refractivity contribution in [1.29, 1.82) is 0 Å². The molecule has 0 atom stereocenters. The predicted octanol–water partition coefficient (Wildman–Crippen LogP) is -0.888. The second-order valence-corrected chi connectivity index (χ2v) is 2.78. The first-order valence-corrected chi connectivity index (χ1v) is 3.95. The van der Waals surface area contributed by atoms with Crippen LogP contribution in [0.4, 0.5) is 4.79 Å². The van der Waals surface area contributed by atoms with Crippen molar-refractivity contribution >= 4 is 20.8 Å². The Labute approximate surface area is 67.7 Å². The van der Waals surface area contributed by atoms with Gasteiger partial charge in [-0.3, -0.25) is 0 Å². The summed E-state index contributed by atoms with van der Waals surface area (Å²) in [5.74, 6) is 0. The summed E-state index contributed by atoms with van der Waals surface area (Å²) in [7, 11) is 0. The molecular formula is C5H9N2O2Se. The van der Waals surface area contributed by atoms with Crippen LogP contribution in [-0.4, -0.2) is 52.1 Å². The quantitative estimate of drug-likeness (QED) is 0.568. The number of hydrogen-bond acceptors (Lipinski definition) is 3. The van der Waals surface area contributed by atoms with Gasteiger partial charge in [0, 0.05) is 0 Å². The number of carbonyl (C=O) groups excluding carboxylic acids is 1. The Hall–Kier alpha value is -0.0905. The van der Waals surface area contributed by atoms with Crippen molar-refractivity contribution in [2.24, 2.45) is 0 Å². The Morgan fingerprint density at radius 2 is 2.10 bits per heavy atom. The third kappa shape index (κ3) is 2.66. The van der Waals surface area contributed by atoms with Gasteiger partial charge < -0.3 is 0 Å². The van der Waals surface area contributed by atoms with Crippen molar-refractivity contribution in [1.82, 2.24) is 10.4 Å². The summed E-state index contributed by atoms with van der Waals surface area (Å²) in [6, 6.07) is 0. The fourth-order valence-corrected chi connectivity index (χ4v) is 1.08. The van der Waals surface area contributed by atoms with E-state index in [4.69, 9.17) is 4.74 Å². The van der Waals surface area contributed by atoms with Crippen molar-refractivity contribution in [3.63, 3.8) is 0 Å². The van der Waals surface area contributed by atoms with Gasteiger partial charge in [0.2, 0.25) is 0 Å². The fraction of sp³-hybridized carbons (Fsp3) is 0.800. The molecule has 1 aliphatic rings. The molecule has 1 saturated heterocycles. The van der Waals surface area contributed by atoms with Crippen LogP contribution in [0.1, 0.15) is 0 Å². The summed E-state index contributed by atoms with van der Waals surface area (Å²) in [4.78, 5) is 10.3. The number of amides is 1. The number of morpholine rings is 1. The van der Waals surface area contributed by atoms with E-state index >= 15 is 0 Å². The molecule has 5 heteroatoms. The maximum atomic E-state index is 10.5. The molecule has 1 radical (unpaired) electrons. The molecule has 1 heterocycles. The topological polar surface area (TPSA) is 41.6 Å². The summed E-state index contributed by atoms with van der Waals surface area (Å²) in [6.07, 6.45) is 0. The Bertz CT molecular complexity index is 125. The van der Waals surface area contributed by atoms with E-state index in [2.05, 4.69) is 21.4 Å². The van der Waals surface area contributed by atoms with E-state index in [0.29, 0.717) is 13.2 Å². The van der Waals surface area contributed by atoms with Gasteiger partial charge in [-0.15, -0.1) is 0 Å². The summed E-state index contributed by atoms with van der Waals surface area (Å²) >= 11 is 2.35. The van der Waals surface area contributed by atoms with Crippen LogP contribution in [0.15, 0.2) is 0 Å². The van der Waals surface area contributed by atoms with E-state index in [-0.39, 0.29) is 4.81 Å². The summed E-state index contributed by atoms with van der Waals surface area (Å²) in [6.45, 7) is 2.93. The van der Waals surface area contributed by atoms with Crippen molar-refractivity contribution < 1.29 is 9.53 Å². The average Bonchev–Trinajstić information content (AvgIpc) is 1.88. The molecule has 1 aliphatic heterocycles. The zero-order chi connectivity index (χ0) is 7.40. The van der Waals surface area contributed by atoms with Crippen LogP contribution in [0.2, 0.25) is 0 Å². The molecule has 0 saturated carbocycles. The van der Waals surface area contributed by atoms with Crippen molar-refractivity contribution in [3.8, 4) is 0 Å². The number of carbonyl (C=O) groups is 1. The number of nitrogens with zero attached hydrogens (tertiary/aromatic N) is 1. The minimum atomic E-state index is -0.137. The molecule has 0 aromatic carbocycles. The molecule has 0 spiro atoms. The van der Waals surface area contributed by atoms with Crippen LogP contribution < -0.4 is 5.43 Å². The van der Waals surface area contributed by atoms with Crippen LogP contribution in [0, 0.1) is 0 Å². The molecule has 0 aromatic heterocycles. The first-order chi connectivity index (χ1) is 4.79. The molecule has 1 rings (SSSR count). The maximum absolute atomic E-state index is 10.5. The summed E-state index contributed by atoms with van der Waals surface area (Å²) in [5.41, 5.74) is 2.64. The summed E-state index contributed by atoms with van der Waals surface area (Å²) < 4.78 is 5.08. The van der Waals surface area contributed by atoms with E-state index < -0.39 is 0 Å². The molecule has 1 N–H and O–H groups in total. The van der Waals surface area contributed by atoms with Crippen molar-refractivity contribution in [2.45, 2.75) is 0 Å². The van der Waals surface area contributed by atoms with Crippen molar-refractivity contribution in [3.05, 3.63) is 0 Å². The molecule has 10 heavy (non-hydrogen) atoms. The normalized spacial score (nSPS) is 20.4. The summed E-state index contributed by atoms with van der Waals surface area (Å²) in [5, 5.41) is 1.84. The van der Waals surface area contributed by atoms with Crippen LogP contribution in [0.3, 0.4) is 0 Å². The van der Waals surface area contributed by atoms with Gasteiger partial charge in [0.05, 0.1) is 0 Å². The number of hydrogen-bond donors (Lipinski definition) is 1. The Balaban J connectivity index is 2.19. The zero-order valence-corrected chi connectivity index (χ0v) is 7.21. The number of nitrogens with one attached hydrogen (secondary N) is 1. The first kappa shape index (κ1) is 8.01. The van der Waals surface area contributed by atoms with Gasteiger partial charge >= 0.3 is 67.1 Å². The predicted molar refractivity (Wildman–Crippen MR) is 36.7 cm³/mol. The second kappa shape index (κ2) is 3.93. The molecule has 4 nitrogen and oxygen atoms in total. The van der Waals surface area contributed by atoms with Crippen LogP contribution >= 0.6 is 0 Å². The van der Waals surface area contributed by atoms with Crippen molar-refractivity contribution in [2.75, 3.05) is 26.3 Å². The van der Waals surface area contributed by atoms with Gasteiger partial charge in [0.25, 0.3) is 0 Å². The number of rotatable bonds is 1. The van der Waals surface area contributed by atoms with Gasteiger partial charge in [-0.2, -0.15) is 0 Å². The number of hydrazine groups is 1. The van der Waals surface area contributed by atoms with Gasteiger partial charge in [0.15, 0.2) is 0 Å². The molecule has 0 bridgehead atoms. The second-order valence-electron chi connectivity index (χ2n) is 2.00. The van der Waals surface area contributed by atoms with E-state index in [1.807, 2.05) is 5.01 Å². The monoisotopic (exact) mass is 209 g/mol. The van der Waals surface area contributed by atoms with Gasteiger partial charge in [0.1, 0.15) is 0 Å². The first-order valence-electron chi connectivity index (χ1n) is 3.09. The van der Waals surface area contributed by atoms with E-state index in [0.717, 1.165) is 13.1 Å². The van der Waals surface area contributed by atoms with Gasteiger partial charge in [-0.05, 0) is 0 Å². The minimum absolute atomic E-state index is 0.137. The molecule has 0 aromatic rings. The molecular weight excluding hydrogens is 199 g/mol. The van der Waals surface area contributed by atoms with E-state index in [1.54, 1.807) is 0 Å². The molecule has 1 amide bonds. The van der Waals surface area contributed by atoms with E-state index in [1.165, 1.54) is 0 Å². The molecule has 0 aliphatic carbocycles.